The van der Waals surface area contributed by atoms with Crippen LogP contribution in [0.15, 0.2) is 11.5 Å². The largest absolute Gasteiger partial charge is 0.470 e. The van der Waals surface area contributed by atoms with Gasteiger partial charge in [-0.25, -0.2) is 0 Å². The number of rotatable bonds is 6. The lowest BCUT2D eigenvalue weighted by atomic mass is 9.89. The standard InChI is InChI=1S/C15H23NO4/c1-15(2,20-10-17)13-12(18)9-19-14(13)16-8-11-6-4-3-5-7-11/h10-11,16H,3-9H2,1-2H3. The van der Waals surface area contributed by atoms with Gasteiger partial charge in [-0.05, 0) is 32.6 Å². The Morgan fingerprint density at radius 1 is 1.35 bits per heavy atom. The molecule has 0 aromatic carbocycles. The fourth-order valence-corrected chi connectivity index (χ4v) is 2.96. The van der Waals surface area contributed by atoms with Gasteiger partial charge in [0.25, 0.3) is 6.47 Å². The maximum Gasteiger partial charge on any atom is 0.293 e. The zero-order valence-electron chi connectivity index (χ0n) is 12.2. The molecule has 0 unspecified atom stereocenters. The van der Waals surface area contributed by atoms with Crippen molar-refractivity contribution in [1.82, 2.24) is 5.32 Å². The van der Waals surface area contributed by atoms with Crippen LogP contribution in [0, 0.1) is 5.92 Å². The molecule has 1 saturated carbocycles. The van der Waals surface area contributed by atoms with Crippen molar-refractivity contribution in [3.05, 3.63) is 11.5 Å². The third-order valence-corrected chi connectivity index (χ3v) is 4.07. The third kappa shape index (κ3) is 3.32. The van der Waals surface area contributed by atoms with Gasteiger partial charge in [-0.3, -0.25) is 9.59 Å². The Labute approximate surface area is 119 Å². The van der Waals surface area contributed by atoms with E-state index in [9.17, 15) is 9.59 Å². The quantitative estimate of drug-likeness (QED) is 0.754. The van der Waals surface area contributed by atoms with Gasteiger partial charge in [0.2, 0.25) is 5.78 Å². The van der Waals surface area contributed by atoms with Crippen LogP contribution in [0.5, 0.6) is 0 Å². The van der Waals surface area contributed by atoms with Gasteiger partial charge < -0.3 is 14.8 Å². The van der Waals surface area contributed by atoms with Gasteiger partial charge in [-0.2, -0.15) is 0 Å². The summed E-state index contributed by atoms with van der Waals surface area (Å²) in [5, 5.41) is 3.24. The summed E-state index contributed by atoms with van der Waals surface area (Å²) in [7, 11) is 0. The molecule has 1 aliphatic carbocycles. The maximum atomic E-state index is 11.9. The first-order valence-corrected chi connectivity index (χ1v) is 7.30. The highest BCUT2D eigenvalue weighted by Crippen LogP contribution is 2.29. The summed E-state index contributed by atoms with van der Waals surface area (Å²) in [6, 6.07) is 0. The Morgan fingerprint density at radius 2 is 2.05 bits per heavy atom. The van der Waals surface area contributed by atoms with Gasteiger partial charge >= 0.3 is 0 Å². The van der Waals surface area contributed by atoms with E-state index in [1.165, 1.54) is 32.1 Å². The monoisotopic (exact) mass is 281 g/mol. The number of ketones is 1. The maximum absolute atomic E-state index is 11.9. The van der Waals surface area contributed by atoms with Crippen molar-refractivity contribution in [2.45, 2.75) is 51.6 Å². The van der Waals surface area contributed by atoms with Gasteiger partial charge in [-0.1, -0.05) is 19.3 Å². The van der Waals surface area contributed by atoms with Gasteiger partial charge in [0.15, 0.2) is 12.5 Å². The van der Waals surface area contributed by atoms with Gasteiger partial charge in [0.05, 0.1) is 0 Å². The molecule has 0 saturated heterocycles. The molecule has 0 aromatic heterocycles. The van der Waals surface area contributed by atoms with Crippen molar-refractivity contribution in [3.8, 4) is 0 Å². The molecule has 0 radical (unpaired) electrons. The van der Waals surface area contributed by atoms with Crippen molar-refractivity contribution < 1.29 is 19.1 Å². The van der Waals surface area contributed by atoms with E-state index in [2.05, 4.69) is 5.32 Å². The second-order valence-electron chi connectivity index (χ2n) is 6.03. The van der Waals surface area contributed by atoms with E-state index < -0.39 is 5.60 Å². The highest BCUT2D eigenvalue weighted by Gasteiger charge is 2.39. The summed E-state index contributed by atoms with van der Waals surface area (Å²) in [4.78, 5) is 22.5. The summed E-state index contributed by atoms with van der Waals surface area (Å²) in [6.07, 6.45) is 6.31. The lowest BCUT2D eigenvalue weighted by Crippen LogP contribution is -2.33. The van der Waals surface area contributed by atoms with Gasteiger partial charge in [0, 0.05) is 6.54 Å². The first-order valence-electron chi connectivity index (χ1n) is 7.30. The number of carbonyl (C=O) groups excluding carboxylic acids is 2. The van der Waals surface area contributed by atoms with Crippen LogP contribution in [0.25, 0.3) is 0 Å². The van der Waals surface area contributed by atoms with E-state index in [0.717, 1.165) is 6.54 Å². The summed E-state index contributed by atoms with van der Waals surface area (Å²) in [5.74, 6) is 0.988. The SMILES string of the molecule is CC(C)(OC=O)C1=C(NCC2CCCCC2)OCC1=O. The van der Waals surface area contributed by atoms with Crippen molar-refractivity contribution in [2.24, 2.45) is 5.92 Å². The first-order chi connectivity index (χ1) is 9.54. The predicted molar refractivity (Wildman–Crippen MR) is 73.8 cm³/mol. The summed E-state index contributed by atoms with van der Waals surface area (Å²) in [6.45, 7) is 4.60. The van der Waals surface area contributed by atoms with E-state index in [1.807, 2.05) is 0 Å². The minimum absolute atomic E-state index is 0.0218. The minimum atomic E-state index is -0.954. The third-order valence-electron chi connectivity index (χ3n) is 4.07. The highest BCUT2D eigenvalue weighted by molar-refractivity contribution is 6.00. The molecule has 1 heterocycles. The van der Waals surface area contributed by atoms with E-state index >= 15 is 0 Å². The number of hydrogen-bond donors (Lipinski definition) is 1. The predicted octanol–water partition coefficient (Wildman–Crippen LogP) is 1.92. The lowest BCUT2D eigenvalue weighted by Gasteiger charge is -2.25. The van der Waals surface area contributed by atoms with Crippen LogP contribution < -0.4 is 5.32 Å². The summed E-state index contributed by atoms with van der Waals surface area (Å²) < 4.78 is 10.5. The lowest BCUT2D eigenvalue weighted by molar-refractivity contribution is -0.138. The molecule has 2 aliphatic rings. The van der Waals surface area contributed by atoms with Crippen molar-refractivity contribution >= 4 is 12.3 Å². The Bertz CT molecular complexity index is 408. The molecular weight excluding hydrogens is 258 g/mol. The van der Waals surface area contributed by atoms with Crippen LogP contribution >= 0.6 is 0 Å². The van der Waals surface area contributed by atoms with Crippen LogP contribution in [0.4, 0.5) is 0 Å². The molecule has 5 heteroatoms. The topological polar surface area (TPSA) is 64.6 Å². The molecule has 0 atom stereocenters. The van der Waals surface area contributed by atoms with Crippen LogP contribution in [0.3, 0.4) is 0 Å². The Kier molecular flexibility index (Phi) is 4.68. The van der Waals surface area contributed by atoms with Crippen molar-refractivity contribution in [3.63, 3.8) is 0 Å². The van der Waals surface area contributed by atoms with E-state index in [0.29, 0.717) is 23.8 Å². The number of hydrogen-bond acceptors (Lipinski definition) is 5. The Balaban J connectivity index is 2.04. The molecule has 112 valence electrons. The zero-order chi connectivity index (χ0) is 14.6. The van der Waals surface area contributed by atoms with E-state index in [4.69, 9.17) is 9.47 Å². The van der Waals surface area contributed by atoms with Crippen molar-refractivity contribution in [2.75, 3.05) is 13.2 Å². The van der Waals surface area contributed by atoms with Crippen LogP contribution in [0.1, 0.15) is 46.0 Å². The van der Waals surface area contributed by atoms with Crippen LogP contribution in [0.2, 0.25) is 0 Å². The fourth-order valence-electron chi connectivity index (χ4n) is 2.96. The molecule has 1 N–H and O–H groups in total. The number of nitrogens with one attached hydrogen (secondary N) is 1. The Morgan fingerprint density at radius 3 is 2.70 bits per heavy atom. The number of ether oxygens (including phenoxy) is 2. The van der Waals surface area contributed by atoms with Crippen LogP contribution in [-0.4, -0.2) is 31.0 Å². The highest BCUT2D eigenvalue weighted by atomic mass is 16.5. The molecule has 0 bridgehead atoms. The second-order valence-corrected chi connectivity index (χ2v) is 6.03. The van der Waals surface area contributed by atoms with E-state index in [-0.39, 0.29) is 12.4 Å². The summed E-state index contributed by atoms with van der Waals surface area (Å²) >= 11 is 0. The smallest absolute Gasteiger partial charge is 0.293 e. The van der Waals surface area contributed by atoms with Crippen LogP contribution in [-0.2, 0) is 19.1 Å². The summed E-state index contributed by atoms with van der Waals surface area (Å²) in [5.41, 5.74) is -0.523. The van der Waals surface area contributed by atoms with Crippen molar-refractivity contribution in [1.29, 1.82) is 0 Å². The number of Topliss-reactive ketones (excluding diaryl/α,β-unsaturated/α-hetero) is 1. The fraction of sp³-hybridized carbons (Fsp3) is 0.733. The molecule has 5 nitrogen and oxygen atoms in total. The van der Waals surface area contributed by atoms with Gasteiger partial charge in [-0.15, -0.1) is 0 Å². The molecule has 0 amide bonds. The minimum Gasteiger partial charge on any atom is -0.470 e. The second kappa shape index (κ2) is 6.29. The average molecular weight is 281 g/mol. The normalized spacial score (nSPS) is 20.8. The molecule has 2 rings (SSSR count). The van der Waals surface area contributed by atoms with E-state index in [1.54, 1.807) is 13.8 Å². The number of carbonyl (C=O) groups is 2. The molecule has 0 aromatic rings. The first kappa shape index (κ1) is 14.9. The molecule has 0 spiro atoms. The zero-order valence-corrected chi connectivity index (χ0v) is 12.2. The average Bonchev–Trinajstić information content (AvgIpc) is 2.79. The molecule has 1 aliphatic heterocycles. The van der Waals surface area contributed by atoms with Gasteiger partial charge in [0.1, 0.15) is 11.2 Å². The molecular formula is C15H23NO4. The molecule has 20 heavy (non-hydrogen) atoms. The Hall–Kier alpha value is -1.52. The molecule has 1 fully saturated rings.